The van der Waals surface area contributed by atoms with Gasteiger partial charge in [-0.1, -0.05) is 17.7 Å². The van der Waals surface area contributed by atoms with E-state index >= 15 is 0 Å². The highest BCUT2D eigenvalue weighted by Gasteiger charge is 2.21. The lowest BCUT2D eigenvalue weighted by Crippen LogP contribution is -2.27. The SMILES string of the molecule is Cc1ccc(C#N)cc1S(=O)(=O)NC(C)c1ccc(Cl)s1. The Morgan fingerprint density at radius 2 is 2.05 bits per heavy atom. The topological polar surface area (TPSA) is 70.0 Å². The normalized spacial score (nSPS) is 12.9. The Kier molecular flexibility index (Phi) is 4.69. The lowest BCUT2D eigenvalue weighted by Gasteiger charge is -2.14. The van der Waals surface area contributed by atoms with Crippen molar-refractivity contribution in [3.05, 3.63) is 50.7 Å². The molecule has 1 atom stereocenters. The standard InChI is InChI=1S/C14H13ClN2O2S2/c1-9-3-4-11(8-16)7-13(9)21(18,19)17-10(2)12-5-6-14(15)20-12/h3-7,10,17H,1-2H3. The molecular formula is C14H13ClN2O2S2. The van der Waals surface area contributed by atoms with E-state index < -0.39 is 16.1 Å². The van der Waals surface area contributed by atoms with Crippen LogP contribution in [-0.4, -0.2) is 8.42 Å². The van der Waals surface area contributed by atoms with Gasteiger partial charge in [0.15, 0.2) is 0 Å². The quantitative estimate of drug-likeness (QED) is 0.924. The lowest BCUT2D eigenvalue weighted by molar-refractivity contribution is 0.568. The minimum absolute atomic E-state index is 0.121. The number of aryl methyl sites for hydroxylation is 1. The predicted molar refractivity (Wildman–Crippen MR) is 84.0 cm³/mol. The van der Waals surface area contributed by atoms with E-state index in [0.29, 0.717) is 15.5 Å². The molecule has 1 heterocycles. The van der Waals surface area contributed by atoms with Crippen LogP contribution in [0.5, 0.6) is 0 Å². The van der Waals surface area contributed by atoms with Gasteiger partial charge in [0, 0.05) is 4.88 Å². The van der Waals surface area contributed by atoms with E-state index in [0.717, 1.165) is 4.88 Å². The van der Waals surface area contributed by atoms with Gasteiger partial charge in [-0.3, -0.25) is 0 Å². The Bertz CT molecular complexity index is 807. The van der Waals surface area contributed by atoms with Crippen molar-refractivity contribution in [2.45, 2.75) is 24.8 Å². The minimum Gasteiger partial charge on any atom is -0.207 e. The van der Waals surface area contributed by atoms with Crippen LogP contribution >= 0.6 is 22.9 Å². The van der Waals surface area contributed by atoms with Gasteiger partial charge >= 0.3 is 0 Å². The summed E-state index contributed by atoms with van der Waals surface area (Å²) in [6.45, 7) is 3.45. The van der Waals surface area contributed by atoms with Crippen molar-refractivity contribution in [1.29, 1.82) is 5.26 Å². The molecule has 0 bridgehead atoms. The highest BCUT2D eigenvalue weighted by Crippen LogP contribution is 2.28. The lowest BCUT2D eigenvalue weighted by atomic mass is 10.2. The van der Waals surface area contributed by atoms with Crippen LogP contribution in [0.15, 0.2) is 35.2 Å². The number of hydrogen-bond donors (Lipinski definition) is 1. The van der Waals surface area contributed by atoms with Gasteiger partial charge in [0.2, 0.25) is 10.0 Å². The second-order valence-corrected chi connectivity index (χ2v) is 8.01. The molecular weight excluding hydrogens is 328 g/mol. The van der Waals surface area contributed by atoms with Crippen molar-refractivity contribution < 1.29 is 8.42 Å². The molecule has 110 valence electrons. The van der Waals surface area contributed by atoms with Crippen LogP contribution in [-0.2, 0) is 10.0 Å². The molecule has 0 aliphatic carbocycles. The summed E-state index contributed by atoms with van der Waals surface area (Å²) < 4.78 is 28.1. The molecule has 7 heteroatoms. The maximum Gasteiger partial charge on any atom is 0.241 e. The van der Waals surface area contributed by atoms with Crippen LogP contribution in [0.2, 0.25) is 4.34 Å². The van der Waals surface area contributed by atoms with Crippen LogP contribution in [0.1, 0.15) is 29.0 Å². The number of nitrogens with zero attached hydrogens (tertiary/aromatic N) is 1. The summed E-state index contributed by atoms with van der Waals surface area (Å²) in [4.78, 5) is 0.953. The highest BCUT2D eigenvalue weighted by atomic mass is 35.5. The Labute approximate surface area is 133 Å². The fourth-order valence-electron chi connectivity index (χ4n) is 1.87. The third-order valence-electron chi connectivity index (χ3n) is 2.96. The molecule has 21 heavy (non-hydrogen) atoms. The fraction of sp³-hybridized carbons (Fsp3) is 0.214. The van der Waals surface area contributed by atoms with Gasteiger partial charge in [-0.05, 0) is 43.7 Å². The third-order valence-corrected chi connectivity index (χ3v) is 6.06. The van der Waals surface area contributed by atoms with Crippen LogP contribution in [0.3, 0.4) is 0 Å². The van der Waals surface area contributed by atoms with Crippen LogP contribution in [0, 0.1) is 18.3 Å². The molecule has 2 rings (SSSR count). The van der Waals surface area contributed by atoms with Crippen molar-refractivity contribution in [1.82, 2.24) is 4.72 Å². The molecule has 0 amide bonds. The van der Waals surface area contributed by atoms with Gasteiger partial charge in [0.05, 0.1) is 26.9 Å². The third kappa shape index (κ3) is 3.63. The van der Waals surface area contributed by atoms with Gasteiger partial charge in [-0.15, -0.1) is 11.3 Å². The molecule has 4 nitrogen and oxygen atoms in total. The Balaban J connectivity index is 2.33. The summed E-state index contributed by atoms with van der Waals surface area (Å²) in [6.07, 6.45) is 0. The summed E-state index contributed by atoms with van der Waals surface area (Å²) in [6, 6.07) is 9.68. The zero-order valence-electron chi connectivity index (χ0n) is 11.4. The van der Waals surface area contributed by atoms with Crippen molar-refractivity contribution in [3.8, 4) is 6.07 Å². The molecule has 2 aromatic rings. The van der Waals surface area contributed by atoms with E-state index in [4.69, 9.17) is 16.9 Å². The Morgan fingerprint density at radius 1 is 1.33 bits per heavy atom. The molecule has 0 saturated carbocycles. The zero-order valence-corrected chi connectivity index (χ0v) is 13.8. The molecule has 0 saturated heterocycles. The number of thiophene rings is 1. The van der Waals surface area contributed by atoms with Crippen LogP contribution in [0.25, 0.3) is 0 Å². The summed E-state index contributed by atoms with van der Waals surface area (Å²) in [5.74, 6) is 0. The molecule has 1 N–H and O–H groups in total. The van der Waals surface area contributed by atoms with Crippen molar-refractivity contribution >= 4 is 33.0 Å². The summed E-state index contributed by atoms with van der Waals surface area (Å²) in [5.41, 5.74) is 0.908. The van der Waals surface area contributed by atoms with Crippen molar-refractivity contribution in [2.24, 2.45) is 0 Å². The monoisotopic (exact) mass is 340 g/mol. The average molecular weight is 341 g/mol. The van der Waals surface area contributed by atoms with E-state index in [9.17, 15) is 8.42 Å². The molecule has 0 aliphatic rings. The van der Waals surface area contributed by atoms with Crippen molar-refractivity contribution in [3.63, 3.8) is 0 Å². The average Bonchev–Trinajstić information content (AvgIpc) is 2.85. The molecule has 1 aromatic heterocycles. The minimum atomic E-state index is -3.70. The molecule has 0 radical (unpaired) electrons. The van der Waals surface area contributed by atoms with Gasteiger partial charge < -0.3 is 0 Å². The largest absolute Gasteiger partial charge is 0.241 e. The van der Waals surface area contributed by atoms with E-state index in [2.05, 4.69) is 4.72 Å². The van der Waals surface area contributed by atoms with Gasteiger partial charge in [0.1, 0.15) is 0 Å². The van der Waals surface area contributed by atoms with Crippen LogP contribution in [0.4, 0.5) is 0 Å². The van der Waals surface area contributed by atoms with E-state index in [1.54, 1.807) is 38.1 Å². The number of benzene rings is 1. The van der Waals surface area contributed by atoms with Gasteiger partial charge in [0.25, 0.3) is 0 Å². The van der Waals surface area contributed by atoms with E-state index in [1.807, 2.05) is 6.07 Å². The molecule has 1 aromatic carbocycles. The number of sulfonamides is 1. The maximum atomic E-state index is 12.5. The summed E-state index contributed by atoms with van der Waals surface area (Å²) >= 11 is 7.19. The second-order valence-electron chi connectivity index (χ2n) is 4.58. The summed E-state index contributed by atoms with van der Waals surface area (Å²) in [5, 5.41) is 8.90. The second kappa shape index (κ2) is 6.16. The number of hydrogen-bond acceptors (Lipinski definition) is 4. The fourth-order valence-corrected chi connectivity index (χ4v) is 4.51. The smallest absolute Gasteiger partial charge is 0.207 e. The number of halogens is 1. The number of nitriles is 1. The van der Waals surface area contributed by atoms with Crippen molar-refractivity contribution in [2.75, 3.05) is 0 Å². The number of nitrogens with one attached hydrogen (secondary N) is 1. The van der Waals surface area contributed by atoms with Crippen LogP contribution < -0.4 is 4.72 Å². The maximum absolute atomic E-state index is 12.5. The first-order valence-electron chi connectivity index (χ1n) is 6.12. The molecule has 0 spiro atoms. The predicted octanol–water partition coefficient (Wildman–Crippen LogP) is 3.62. The zero-order chi connectivity index (χ0) is 15.6. The molecule has 0 fully saturated rings. The number of rotatable bonds is 4. The first kappa shape index (κ1) is 16.0. The molecule has 0 aliphatic heterocycles. The molecule has 1 unspecified atom stereocenters. The van der Waals surface area contributed by atoms with E-state index in [1.165, 1.54) is 17.4 Å². The summed E-state index contributed by atoms with van der Waals surface area (Å²) in [7, 11) is -3.70. The van der Waals surface area contributed by atoms with E-state index in [-0.39, 0.29) is 4.90 Å². The Morgan fingerprint density at radius 3 is 2.62 bits per heavy atom. The first-order valence-corrected chi connectivity index (χ1v) is 8.79. The van der Waals surface area contributed by atoms with Gasteiger partial charge in [-0.2, -0.15) is 5.26 Å². The Hall–Kier alpha value is -1.39. The first-order chi connectivity index (χ1) is 9.83. The van der Waals surface area contributed by atoms with Gasteiger partial charge in [-0.25, -0.2) is 13.1 Å². The highest BCUT2D eigenvalue weighted by molar-refractivity contribution is 7.89.